The molecule has 1 atom stereocenters. The number of thiazole rings is 1. The fourth-order valence-electron chi connectivity index (χ4n) is 2.39. The molecule has 1 aromatic carbocycles. The van der Waals surface area contributed by atoms with Crippen LogP contribution in [0.25, 0.3) is 10.9 Å². The van der Waals surface area contributed by atoms with Crippen LogP contribution in [0.5, 0.6) is 0 Å². The Morgan fingerprint density at radius 3 is 2.81 bits per heavy atom. The highest BCUT2D eigenvalue weighted by atomic mass is 35.5. The van der Waals surface area contributed by atoms with Gasteiger partial charge in [0.15, 0.2) is 11.0 Å². The first kappa shape index (κ1) is 18.6. The summed E-state index contributed by atoms with van der Waals surface area (Å²) < 4.78 is 15.7. The molecule has 0 fully saturated rings. The van der Waals surface area contributed by atoms with Crippen LogP contribution in [0.15, 0.2) is 23.3 Å². The first-order chi connectivity index (χ1) is 12.3. The number of fused-ring (bicyclic) bond motifs is 1. The molecule has 0 aliphatic rings. The van der Waals surface area contributed by atoms with E-state index in [0.29, 0.717) is 15.0 Å². The molecule has 0 saturated heterocycles. The lowest BCUT2D eigenvalue weighted by Gasteiger charge is -2.14. The van der Waals surface area contributed by atoms with E-state index in [0.717, 1.165) is 10.9 Å². The number of amides is 1. The summed E-state index contributed by atoms with van der Waals surface area (Å²) in [6.45, 7) is 1.45. The summed E-state index contributed by atoms with van der Waals surface area (Å²) in [5.41, 5.74) is 4.80. The predicted molar refractivity (Wildman–Crippen MR) is 99.3 cm³/mol. The van der Waals surface area contributed by atoms with Gasteiger partial charge in [-0.2, -0.15) is 0 Å². The fraction of sp³-hybridized carbons (Fsp3) is 0.200. The van der Waals surface area contributed by atoms with E-state index in [9.17, 15) is 14.0 Å². The Labute approximate surface area is 160 Å². The lowest BCUT2D eigenvalue weighted by atomic mass is 10.2. The van der Waals surface area contributed by atoms with Gasteiger partial charge in [0.1, 0.15) is 21.4 Å². The number of nitrogens with zero attached hydrogens (tertiary/aromatic N) is 3. The molecule has 0 aliphatic heterocycles. The standard InChI is InChI=1S/C15H12Cl2FN5O2S/c1-6(14-22-12(16)13(17)26-14)21-7-2-8-11(9(18)3-7)20-5-23(15(8)25)4-10(19)24/h2-3,5-6,21H,4H2,1H3,(H2,19,24)/t6-/m0/s1. The van der Waals surface area contributed by atoms with Crippen LogP contribution in [-0.2, 0) is 11.3 Å². The highest BCUT2D eigenvalue weighted by molar-refractivity contribution is 7.16. The first-order valence-corrected chi connectivity index (χ1v) is 8.88. The average molecular weight is 416 g/mol. The largest absolute Gasteiger partial charge is 0.376 e. The SMILES string of the molecule is C[C@H](Nc1cc(F)c2ncn(CC(N)=O)c(=O)c2c1)c1nc(Cl)c(Cl)s1. The highest BCUT2D eigenvalue weighted by Crippen LogP contribution is 2.33. The number of nitrogens with two attached hydrogens (primary N) is 1. The Morgan fingerprint density at radius 2 is 2.19 bits per heavy atom. The van der Waals surface area contributed by atoms with E-state index in [1.165, 1.54) is 23.5 Å². The van der Waals surface area contributed by atoms with Crippen LogP contribution in [0.3, 0.4) is 0 Å². The number of rotatable bonds is 5. The van der Waals surface area contributed by atoms with Gasteiger partial charge >= 0.3 is 0 Å². The van der Waals surface area contributed by atoms with Gasteiger partial charge in [-0.15, -0.1) is 11.3 Å². The van der Waals surface area contributed by atoms with Crippen LogP contribution in [0.1, 0.15) is 18.0 Å². The van der Waals surface area contributed by atoms with Crippen molar-refractivity contribution >= 4 is 57.0 Å². The van der Waals surface area contributed by atoms with Gasteiger partial charge in [0, 0.05) is 5.69 Å². The lowest BCUT2D eigenvalue weighted by Crippen LogP contribution is -2.28. The van der Waals surface area contributed by atoms with Gasteiger partial charge in [-0.1, -0.05) is 23.2 Å². The molecule has 0 spiro atoms. The van der Waals surface area contributed by atoms with Gasteiger partial charge in [-0.25, -0.2) is 14.4 Å². The van der Waals surface area contributed by atoms with E-state index in [-0.39, 0.29) is 28.6 Å². The van der Waals surface area contributed by atoms with Crippen molar-refractivity contribution in [1.29, 1.82) is 0 Å². The second kappa shape index (κ2) is 7.18. The van der Waals surface area contributed by atoms with Crippen molar-refractivity contribution in [2.75, 3.05) is 5.32 Å². The number of aromatic nitrogens is 3. The van der Waals surface area contributed by atoms with E-state index >= 15 is 0 Å². The van der Waals surface area contributed by atoms with Gasteiger partial charge in [0.2, 0.25) is 5.91 Å². The number of benzene rings is 1. The molecule has 3 aromatic rings. The molecule has 0 unspecified atom stereocenters. The Kier molecular flexibility index (Phi) is 5.12. The fourth-order valence-corrected chi connectivity index (χ4v) is 3.61. The maximum Gasteiger partial charge on any atom is 0.261 e. The Bertz CT molecular complexity index is 1050. The van der Waals surface area contributed by atoms with Crippen molar-refractivity contribution in [3.8, 4) is 0 Å². The molecule has 0 saturated carbocycles. The maximum absolute atomic E-state index is 14.3. The predicted octanol–water partition coefficient (Wildman–Crippen LogP) is 2.96. The summed E-state index contributed by atoms with van der Waals surface area (Å²) in [6.07, 6.45) is 1.09. The van der Waals surface area contributed by atoms with Crippen molar-refractivity contribution in [1.82, 2.24) is 14.5 Å². The van der Waals surface area contributed by atoms with Gasteiger partial charge < -0.3 is 11.1 Å². The number of anilines is 1. The number of hydrogen-bond acceptors (Lipinski definition) is 6. The zero-order valence-electron chi connectivity index (χ0n) is 13.3. The third-order valence-electron chi connectivity index (χ3n) is 3.53. The molecule has 1 amide bonds. The summed E-state index contributed by atoms with van der Waals surface area (Å²) in [5.74, 6) is -1.37. The van der Waals surface area contributed by atoms with Crippen LogP contribution in [0.2, 0.25) is 9.49 Å². The average Bonchev–Trinajstić information content (AvgIpc) is 2.90. The minimum atomic E-state index is -0.700. The molecule has 0 radical (unpaired) electrons. The molecule has 2 heterocycles. The Balaban J connectivity index is 2.00. The number of nitrogens with one attached hydrogen (secondary N) is 1. The van der Waals surface area contributed by atoms with E-state index in [1.807, 2.05) is 0 Å². The molecule has 2 aromatic heterocycles. The van der Waals surface area contributed by atoms with Crippen LogP contribution in [0, 0.1) is 5.82 Å². The van der Waals surface area contributed by atoms with E-state index in [2.05, 4.69) is 15.3 Å². The van der Waals surface area contributed by atoms with Gasteiger partial charge in [-0.05, 0) is 19.1 Å². The molecule has 3 N–H and O–H groups in total. The number of primary amides is 1. The highest BCUT2D eigenvalue weighted by Gasteiger charge is 2.16. The minimum absolute atomic E-state index is 0.0265. The minimum Gasteiger partial charge on any atom is -0.376 e. The van der Waals surface area contributed by atoms with Gasteiger partial charge in [0.25, 0.3) is 5.56 Å². The zero-order valence-corrected chi connectivity index (χ0v) is 15.6. The van der Waals surface area contributed by atoms with Crippen molar-refractivity contribution < 1.29 is 9.18 Å². The van der Waals surface area contributed by atoms with Crippen LogP contribution in [0.4, 0.5) is 10.1 Å². The van der Waals surface area contributed by atoms with Gasteiger partial charge in [-0.3, -0.25) is 14.2 Å². The summed E-state index contributed by atoms with van der Waals surface area (Å²) in [6, 6.07) is 2.35. The molecule has 7 nitrogen and oxygen atoms in total. The maximum atomic E-state index is 14.3. The quantitative estimate of drug-likeness (QED) is 0.666. The van der Waals surface area contributed by atoms with Crippen molar-refractivity contribution in [3.05, 3.63) is 49.1 Å². The molecular formula is C15H12Cl2FN5O2S. The van der Waals surface area contributed by atoms with E-state index < -0.39 is 17.3 Å². The Morgan fingerprint density at radius 1 is 1.46 bits per heavy atom. The number of hydrogen-bond donors (Lipinski definition) is 2. The summed E-state index contributed by atoms with van der Waals surface area (Å²) >= 11 is 13.0. The van der Waals surface area contributed by atoms with Crippen LogP contribution in [-0.4, -0.2) is 20.4 Å². The number of carbonyl (C=O) groups excluding carboxylic acids is 1. The normalized spacial score (nSPS) is 12.3. The van der Waals surface area contributed by atoms with Crippen LogP contribution < -0.4 is 16.6 Å². The molecule has 0 bridgehead atoms. The number of halogens is 3. The monoisotopic (exact) mass is 415 g/mol. The summed E-state index contributed by atoms with van der Waals surface area (Å²) in [7, 11) is 0. The topological polar surface area (TPSA) is 103 Å². The third kappa shape index (κ3) is 3.64. The van der Waals surface area contributed by atoms with Crippen molar-refractivity contribution in [3.63, 3.8) is 0 Å². The van der Waals surface area contributed by atoms with Crippen LogP contribution >= 0.6 is 34.5 Å². The molecular weight excluding hydrogens is 404 g/mol. The third-order valence-corrected chi connectivity index (χ3v) is 5.44. The second-order valence-corrected chi connectivity index (χ2v) is 7.47. The molecule has 3 rings (SSSR count). The van der Waals surface area contributed by atoms with Gasteiger partial charge in [0.05, 0.1) is 17.8 Å². The lowest BCUT2D eigenvalue weighted by molar-refractivity contribution is -0.118. The molecule has 136 valence electrons. The van der Waals surface area contributed by atoms with Crippen molar-refractivity contribution in [2.24, 2.45) is 5.73 Å². The van der Waals surface area contributed by atoms with Crippen molar-refractivity contribution in [2.45, 2.75) is 19.5 Å². The van der Waals surface area contributed by atoms with E-state index in [4.69, 9.17) is 28.9 Å². The van der Waals surface area contributed by atoms with E-state index in [1.54, 1.807) is 6.92 Å². The smallest absolute Gasteiger partial charge is 0.261 e. The summed E-state index contributed by atoms with van der Waals surface area (Å²) in [4.78, 5) is 31.5. The molecule has 0 aliphatic carbocycles. The molecule has 26 heavy (non-hydrogen) atoms. The first-order valence-electron chi connectivity index (χ1n) is 7.31. The Hall–Kier alpha value is -2.23. The number of carbonyl (C=O) groups is 1. The second-order valence-electron chi connectivity index (χ2n) is 5.48. The summed E-state index contributed by atoms with van der Waals surface area (Å²) in [5, 5.41) is 3.88. The molecule has 11 heteroatoms. The zero-order chi connectivity index (χ0) is 19.0.